The van der Waals surface area contributed by atoms with Crippen molar-refractivity contribution in [1.82, 2.24) is 4.90 Å². The van der Waals surface area contributed by atoms with Crippen molar-refractivity contribution in [2.24, 2.45) is 0 Å². The molecule has 0 spiro atoms. The fourth-order valence-electron chi connectivity index (χ4n) is 1.24. The van der Waals surface area contributed by atoms with Gasteiger partial charge in [-0.15, -0.1) is 0 Å². The van der Waals surface area contributed by atoms with Gasteiger partial charge in [-0.2, -0.15) is 5.26 Å². The van der Waals surface area contributed by atoms with Crippen molar-refractivity contribution >= 4 is 5.91 Å². The second-order valence-electron chi connectivity index (χ2n) is 3.84. The van der Waals surface area contributed by atoms with E-state index in [1.165, 1.54) is 17.7 Å². The average Bonchev–Trinajstić information content (AvgIpc) is 2.30. The number of likely N-dealkylation sites (N-methyl/N-ethyl adjacent to an activating group) is 1. The first-order valence-electron chi connectivity index (χ1n) is 5.91. The number of rotatable bonds is 9. The van der Waals surface area contributed by atoms with Gasteiger partial charge in [0.05, 0.1) is 12.5 Å². The summed E-state index contributed by atoms with van der Waals surface area (Å²) in [5.74, 6) is -0.0502. The van der Waals surface area contributed by atoms with Gasteiger partial charge in [-0.1, -0.05) is 26.2 Å². The normalized spacial score (nSPS) is 9.81. The molecule has 0 radical (unpaired) electrons. The number of carbonyl (C=O) groups is 1. The number of nitrogens with zero attached hydrogens (tertiary/aromatic N) is 2. The summed E-state index contributed by atoms with van der Waals surface area (Å²) < 4.78 is 5.27. The third-order valence-electron chi connectivity index (χ3n) is 2.35. The minimum Gasteiger partial charge on any atom is -0.372 e. The number of hydrogen-bond donors (Lipinski definition) is 0. The van der Waals surface area contributed by atoms with Gasteiger partial charge >= 0.3 is 0 Å². The maximum atomic E-state index is 11.4. The van der Waals surface area contributed by atoms with Crippen LogP contribution in [0.15, 0.2) is 0 Å². The van der Waals surface area contributed by atoms with E-state index in [9.17, 15) is 4.79 Å². The zero-order valence-corrected chi connectivity index (χ0v) is 10.4. The van der Waals surface area contributed by atoms with E-state index in [1.807, 2.05) is 6.07 Å². The van der Waals surface area contributed by atoms with Crippen LogP contribution in [0.5, 0.6) is 0 Å². The molecule has 1 amide bonds. The molecule has 0 aromatic rings. The largest absolute Gasteiger partial charge is 0.372 e. The zero-order chi connectivity index (χ0) is 12.2. The number of ether oxygens (including phenoxy) is 1. The Bertz CT molecular complexity index is 224. The topological polar surface area (TPSA) is 53.3 Å². The summed E-state index contributed by atoms with van der Waals surface area (Å²) in [6.45, 7) is 3.43. The van der Waals surface area contributed by atoms with Gasteiger partial charge in [-0.25, -0.2) is 0 Å². The standard InChI is InChI=1S/C12H22N2O2/c1-3-4-5-6-10-16-11-12(15)14(2)9-7-8-13/h3-7,9-11H2,1-2H3. The van der Waals surface area contributed by atoms with E-state index in [1.54, 1.807) is 7.05 Å². The Balaban J connectivity index is 3.39. The van der Waals surface area contributed by atoms with Gasteiger partial charge in [0, 0.05) is 20.2 Å². The third-order valence-corrected chi connectivity index (χ3v) is 2.35. The number of unbranched alkanes of at least 4 members (excludes halogenated alkanes) is 3. The van der Waals surface area contributed by atoms with Crippen molar-refractivity contribution in [2.75, 3.05) is 26.8 Å². The van der Waals surface area contributed by atoms with Crippen molar-refractivity contribution in [1.29, 1.82) is 5.26 Å². The average molecular weight is 226 g/mol. The molecule has 4 nitrogen and oxygen atoms in total. The van der Waals surface area contributed by atoms with E-state index in [2.05, 4.69) is 6.92 Å². The highest BCUT2D eigenvalue weighted by atomic mass is 16.5. The molecule has 0 bridgehead atoms. The Morgan fingerprint density at radius 3 is 2.75 bits per heavy atom. The maximum Gasteiger partial charge on any atom is 0.248 e. The molecule has 0 heterocycles. The van der Waals surface area contributed by atoms with Crippen LogP contribution in [-0.4, -0.2) is 37.6 Å². The Labute approximate surface area is 98.2 Å². The highest BCUT2D eigenvalue weighted by Gasteiger charge is 2.07. The van der Waals surface area contributed by atoms with Crippen LogP contribution in [-0.2, 0) is 9.53 Å². The lowest BCUT2D eigenvalue weighted by atomic mass is 10.2. The molecule has 0 aliphatic heterocycles. The summed E-state index contributed by atoms with van der Waals surface area (Å²) in [6.07, 6.45) is 4.98. The van der Waals surface area contributed by atoms with Crippen molar-refractivity contribution in [3.05, 3.63) is 0 Å². The van der Waals surface area contributed by atoms with Crippen LogP contribution in [0.3, 0.4) is 0 Å². The van der Waals surface area contributed by atoms with Crippen molar-refractivity contribution < 1.29 is 9.53 Å². The molecule has 92 valence electrons. The third kappa shape index (κ3) is 8.25. The summed E-state index contributed by atoms with van der Waals surface area (Å²) in [6, 6.07) is 2.01. The van der Waals surface area contributed by atoms with Crippen LogP contribution >= 0.6 is 0 Å². The molecule has 4 heteroatoms. The van der Waals surface area contributed by atoms with Crippen LogP contribution in [0.2, 0.25) is 0 Å². The maximum absolute atomic E-state index is 11.4. The van der Waals surface area contributed by atoms with Gasteiger partial charge in [-0.05, 0) is 6.42 Å². The lowest BCUT2D eigenvalue weighted by molar-refractivity contribution is -0.134. The molecule has 0 aliphatic rings. The molecule has 0 rings (SSSR count). The SMILES string of the molecule is CCCCCCOCC(=O)N(C)CCC#N. The Morgan fingerprint density at radius 2 is 2.12 bits per heavy atom. The first-order valence-corrected chi connectivity index (χ1v) is 5.91. The molecular formula is C12H22N2O2. The lowest BCUT2D eigenvalue weighted by Gasteiger charge is -2.15. The van der Waals surface area contributed by atoms with Gasteiger partial charge in [0.15, 0.2) is 0 Å². The van der Waals surface area contributed by atoms with Gasteiger partial charge in [0.2, 0.25) is 5.91 Å². The summed E-state index contributed by atoms with van der Waals surface area (Å²) >= 11 is 0. The molecule has 0 aromatic heterocycles. The van der Waals surface area contributed by atoms with E-state index in [4.69, 9.17) is 10.00 Å². The zero-order valence-electron chi connectivity index (χ0n) is 10.4. The summed E-state index contributed by atoms with van der Waals surface area (Å²) in [7, 11) is 1.69. The van der Waals surface area contributed by atoms with Crippen molar-refractivity contribution in [2.45, 2.75) is 39.0 Å². The quantitative estimate of drug-likeness (QED) is 0.565. The van der Waals surface area contributed by atoms with Crippen LogP contribution in [0, 0.1) is 11.3 Å². The highest BCUT2D eigenvalue weighted by Crippen LogP contribution is 1.99. The molecule has 0 unspecified atom stereocenters. The van der Waals surface area contributed by atoms with Crippen LogP contribution in [0.1, 0.15) is 39.0 Å². The molecule has 0 N–H and O–H groups in total. The molecule has 0 saturated heterocycles. The highest BCUT2D eigenvalue weighted by molar-refractivity contribution is 5.77. The Kier molecular flexibility index (Phi) is 9.73. The van der Waals surface area contributed by atoms with E-state index in [0.717, 1.165) is 12.8 Å². The number of carbonyl (C=O) groups excluding carboxylic acids is 1. The Morgan fingerprint density at radius 1 is 1.38 bits per heavy atom. The van der Waals surface area contributed by atoms with E-state index < -0.39 is 0 Å². The summed E-state index contributed by atoms with van der Waals surface area (Å²) in [4.78, 5) is 13.0. The minimum atomic E-state index is -0.0502. The first kappa shape index (κ1) is 14.9. The molecule has 0 aromatic carbocycles. The number of nitriles is 1. The van der Waals surface area contributed by atoms with Crippen LogP contribution in [0.4, 0.5) is 0 Å². The molecule has 0 atom stereocenters. The van der Waals surface area contributed by atoms with E-state index in [-0.39, 0.29) is 12.5 Å². The molecule has 0 aliphatic carbocycles. The second-order valence-corrected chi connectivity index (χ2v) is 3.84. The molecule has 0 saturated carbocycles. The molecular weight excluding hydrogens is 204 g/mol. The fourth-order valence-corrected chi connectivity index (χ4v) is 1.24. The second kappa shape index (κ2) is 10.4. The lowest BCUT2D eigenvalue weighted by Crippen LogP contribution is -2.31. The van der Waals surface area contributed by atoms with Gasteiger partial charge < -0.3 is 9.64 Å². The monoisotopic (exact) mass is 226 g/mol. The van der Waals surface area contributed by atoms with Crippen molar-refractivity contribution in [3.8, 4) is 6.07 Å². The van der Waals surface area contributed by atoms with Gasteiger partial charge in [0.1, 0.15) is 6.61 Å². The fraction of sp³-hybridized carbons (Fsp3) is 0.833. The van der Waals surface area contributed by atoms with Crippen molar-refractivity contribution in [3.63, 3.8) is 0 Å². The first-order chi connectivity index (χ1) is 7.72. The smallest absolute Gasteiger partial charge is 0.248 e. The number of amides is 1. The van der Waals surface area contributed by atoms with E-state index >= 15 is 0 Å². The summed E-state index contributed by atoms with van der Waals surface area (Å²) in [5, 5.41) is 8.37. The summed E-state index contributed by atoms with van der Waals surface area (Å²) in [5.41, 5.74) is 0. The van der Waals surface area contributed by atoms with Gasteiger partial charge in [-0.3, -0.25) is 4.79 Å². The molecule has 16 heavy (non-hydrogen) atoms. The van der Waals surface area contributed by atoms with E-state index in [0.29, 0.717) is 19.6 Å². The minimum absolute atomic E-state index is 0.0502. The Hall–Kier alpha value is -1.08. The predicted octanol–water partition coefficient (Wildman–Crippen LogP) is 1.96. The van der Waals surface area contributed by atoms with Crippen LogP contribution < -0.4 is 0 Å². The van der Waals surface area contributed by atoms with Gasteiger partial charge in [0.25, 0.3) is 0 Å². The predicted molar refractivity (Wildman–Crippen MR) is 62.8 cm³/mol. The number of hydrogen-bond acceptors (Lipinski definition) is 3. The van der Waals surface area contributed by atoms with Crippen LogP contribution in [0.25, 0.3) is 0 Å². The molecule has 0 fully saturated rings.